The van der Waals surface area contributed by atoms with Gasteiger partial charge in [0, 0.05) is 13.2 Å². The van der Waals surface area contributed by atoms with E-state index >= 15 is 0 Å². The number of nitrogens with one attached hydrogen (secondary N) is 1. The van der Waals surface area contributed by atoms with Crippen LogP contribution in [0.1, 0.15) is 37.5 Å². The largest absolute Gasteiger partial charge is 0.493 e. The monoisotopic (exact) mass is 441 g/mol. The van der Waals surface area contributed by atoms with E-state index in [-0.39, 0.29) is 25.5 Å². The molecule has 4 rings (SSSR count). The fraction of sp³-hybridized carbons (Fsp3) is 0.458. The first kappa shape index (κ1) is 22.4. The quantitative estimate of drug-likeness (QED) is 0.392. The zero-order chi connectivity index (χ0) is 22.3. The lowest BCUT2D eigenvalue weighted by Gasteiger charge is -2.18. The number of ether oxygens (including phenoxy) is 3. The number of anilines is 1. The number of aliphatic hydroxyl groups excluding tert-OH is 2. The predicted molar refractivity (Wildman–Crippen MR) is 122 cm³/mol. The highest BCUT2D eigenvalue weighted by Crippen LogP contribution is 2.34. The van der Waals surface area contributed by atoms with Crippen LogP contribution in [0.2, 0.25) is 0 Å². The molecular formula is C24H31N3O5. The second-order valence-electron chi connectivity index (χ2n) is 7.88. The lowest BCUT2D eigenvalue weighted by molar-refractivity contribution is -0.0195. The van der Waals surface area contributed by atoms with Crippen molar-refractivity contribution in [3.05, 3.63) is 48.0 Å². The number of nitrogens with zero attached hydrogens (tertiary/aromatic N) is 2. The Morgan fingerprint density at radius 2 is 2.00 bits per heavy atom. The van der Waals surface area contributed by atoms with Crippen molar-refractivity contribution in [3.8, 4) is 11.5 Å². The summed E-state index contributed by atoms with van der Waals surface area (Å²) in [5.74, 6) is 2.10. The third-order valence-electron chi connectivity index (χ3n) is 5.66. The minimum absolute atomic E-state index is 0.0266. The van der Waals surface area contributed by atoms with Crippen LogP contribution in [0.4, 0.5) is 5.95 Å². The normalized spacial score (nSPS) is 18.2. The number of para-hydroxylation sites is 2. The lowest BCUT2D eigenvalue weighted by Crippen LogP contribution is -2.16. The van der Waals surface area contributed by atoms with Gasteiger partial charge >= 0.3 is 0 Å². The highest BCUT2D eigenvalue weighted by molar-refractivity contribution is 5.78. The molecule has 0 saturated carbocycles. The molecule has 1 aromatic heterocycles. The number of benzene rings is 2. The molecule has 1 fully saturated rings. The van der Waals surface area contributed by atoms with E-state index in [1.54, 1.807) is 7.11 Å². The number of unbranched alkanes of at least 4 members (excludes halogenated alkanes) is 1. The van der Waals surface area contributed by atoms with E-state index in [4.69, 9.17) is 24.3 Å². The second-order valence-corrected chi connectivity index (χ2v) is 7.88. The van der Waals surface area contributed by atoms with Crippen LogP contribution in [-0.4, -0.2) is 52.8 Å². The van der Waals surface area contributed by atoms with Crippen molar-refractivity contribution in [2.24, 2.45) is 0 Å². The van der Waals surface area contributed by atoms with Crippen LogP contribution in [0, 0.1) is 0 Å². The summed E-state index contributed by atoms with van der Waals surface area (Å²) in [5, 5.41) is 21.9. The van der Waals surface area contributed by atoms with Gasteiger partial charge < -0.3 is 29.7 Å². The maximum Gasteiger partial charge on any atom is 0.206 e. The van der Waals surface area contributed by atoms with Crippen molar-refractivity contribution in [1.29, 1.82) is 0 Å². The summed E-state index contributed by atoms with van der Waals surface area (Å²) in [7, 11) is 1.62. The molecule has 2 aromatic carbocycles. The van der Waals surface area contributed by atoms with Gasteiger partial charge in [-0.3, -0.25) is 4.57 Å². The van der Waals surface area contributed by atoms with Gasteiger partial charge in [0.05, 0.1) is 37.5 Å². The molecule has 3 N–H and O–H groups in total. The van der Waals surface area contributed by atoms with E-state index in [1.165, 1.54) is 0 Å². The number of rotatable bonds is 11. The van der Waals surface area contributed by atoms with Crippen LogP contribution in [0.3, 0.4) is 0 Å². The molecule has 0 amide bonds. The molecule has 0 aliphatic carbocycles. The predicted octanol–water partition coefficient (Wildman–Crippen LogP) is 3.48. The molecule has 172 valence electrons. The Hall–Kier alpha value is -2.81. The molecule has 2 heterocycles. The lowest BCUT2D eigenvalue weighted by atomic mass is 10.2. The summed E-state index contributed by atoms with van der Waals surface area (Å²) in [6.07, 6.45) is 2.84. The average molecular weight is 442 g/mol. The summed E-state index contributed by atoms with van der Waals surface area (Å²) in [6, 6.07) is 13.8. The molecule has 1 saturated heterocycles. The molecule has 32 heavy (non-hydrogen) atoms. The van der Waals surface area contributed by atoms with Crippen LogP contribution in [0.15, 0.2) is 42.5 Å². The van der Waals surface area contributed by atoms with E-state index in [1.807, 2.05) is 42.5 Å². The summed E-state index contributed by atoms with van der Waals surface area (Å²) >= 11 is 0. The summed E-state index contributed by atoms with van der Waals surface area (Å²) < 4.78 is 19.4. The number of fused-ring (bicyclic) bond motifs is 1. The SMILES string of the molecule is COc1ccc(CNc2nc3ccccc3n2[C@H]2CC[C@@H](CO)O2)cc1OCCCCO. The van der Waals surface area contributed by atoms with Gasteiger partial charge in [-0.2, -0.15) is 0 Å². The Bertz CT molecular complexity index is 1020. The molecule has 8 nitrogen and oxygen atoms in total. The number of aliphatic hydroxyl groups is 2. The maximum atomic E-state index is 9.48. The molecule has 0 spiro atoms. The molecule has 8 heteroatoms. The first-order valence-electron chi connectivity index (χ1n) is 11.1. The van der Waals surface area contributed by atoms with E-state index in [2.05, 4.69) is 9.88 Å². The van der Waals surface area contributed by atoms with Gasteiger partial charge in [-0.15, -0.1) is 0 Å². The first-order valence-corrected chi connectivity index (χ1v) is 11.1. The van der Waals surface area contributed by atoms with E-state index in [0.29, 0.717) is 31.1 Å². The summed E-state index contributed by atoms with van der Waals surface area (Å²) in [6.45, 7) is 1.26. The Balaban J connectivity index is 1.52. The second kappa shape index (κ2) is 10.7. The van der Waals surface area contributed by atoms with Crippen molar-refractivity contribution in [2.75, 3.05) is 32.2 Å². The Labute approximate surface area is 187 Å². The van der Waals surface area contributed by atoms with Crippen LogP contribution in [-0.2, 0) is 11.3 Å². The molecule has 0 bridgehead atoms. The van der Waals surface area contributed by atoms with Gasteiger partial charge in [-0.05, 0) is 55.5 Å². The standard InChI is InChI=1S/C24H31N3O5/c1-30-21-10-8-17(14-22(21)31-13-5-4-12-28)15-25-24-26-19-6-2-3-7-20(19)27(24)23-11-9-18(16-29)32-23/h2-3,6-8,10,14,18,23,28-29H,4-5,9,11-13,15-16H2,1H3,(H,25,26)/t18-,23+/m0/s1. The van der Waals surface area contributed by atoms with Crippen molar-refractivity contribution in [3.63, 3.8) is 0 Å². The van der Waals surface area contributed by atoms with Crippen LogP contribution >= 0.6 is 0 Å². The fourth-order valence-electron chi connectivity index (χ4n) is 3.99. The molecule has 1 aliphatic heterocycles. The Morgan fingerprint density at radius 3 is 2.78 bits per heavy atom. The third kappa shape index (κ3) is 4.98. The molecule has 0 radical (unpaired) electrons. The number of methoxy groups -OCH3 is 1. The topological polar surface area (TPSA) is 98.0 Å². The van der Waals surface area contributed by atoms with Crippen molar-refractivity contribution in [1.82, 2.24) is 9.55 Å². The fourth-order valence-corrected chi connectivity index (χ4v) is 3.99. The number of aromatic nitrogens is 2. The smallest absolute Gasteiger partial charge is 0.206 e. The highest BCUT2D eigenvalue weighted by atomic mass is 16.5. The maximum absolute atomic E-state index is 9.48. The van der Waals surface area contributed by atoms with Crippen LogP contribution < -0.4 is 14.8 Å². The minimum Gasteiger partial charge on any atom is -0.493 e. The zero-order valence-corrected chi connectivity index (χ0v) is 18.4. The van der Waals surface area contributed by atoms with Crippen LogP contribution in [0.25, 0.3) is 11.0 Å². The zero-order valence-electron chi connectivity index (χ0n) is 18.4. The molecule has 2 atom stereocenters. The first-order chi connectivity index (χ1) is 15.7. The van der Waals surface area contributed by atoms with E-state index in [9.17, 15) is 5.11 Å². The van der Waals surface area contributed by atoms with Crippen molar-refractivity contribution >= 4 is 17.0 Å². The van der Waals surface area contributed by atoms with Gasteiger partial charge in [0.1, 0.15) is 6.23 Å². The number of hydrogen-bond acceptors (Lipinski definition) is 7. The third-order valence-corrected chi connectivity index (χ3v) is 5.66. The highest BCUT2D eigenvalue weighted by Gasteiger charge is 2.29. The van der Waals surface area contributed by atoms with Gasteiger partial charge in [0.2, 0.25) is 5.95 Å². The van der Waals surface area contributed by atoms with E-state index in [0.717, 1.165) is 41.8 Å². The van der Waals surface area contributed by atoms with Gasteiger partial charge in [0.15, 0.2) is 11.5 Å². The van der Waals surface area contributed by atoms with Crippen molar-refractivity contribution in [2.45, 2.75) is 44.6 Å². The Morgan fingerprint density at radius 1 is 1.12 bits per heavy atom. The minimum atomic E-state index is -0.164. The van der Waals surface area contributed by atoms with Crippen molar-refractivity contribution < 1.29 is 24.4 Å². The van der Waals surface area contributed by atoms with Gasteiger partial charge in [-0.25, -0.2) is 4.98 Å². The summed E-state index contributed by atoms with van der Waals surface area (Å²) in [5.41, 5.74) is 2.93. The van der Waals surface area contributed by atoms with Gasteiger partial charge in [0.25, 0.3) is 0 Å². The molecule has 3 aromatic rings. The number of hydrogen-bond donors (Lipinski definition) is 3. The van der Waals surface area contributed by atoms with E-state index < -0.39 is 0 Å². The molecule has 0 unspecified atom stereocenters. The average Bonchev–Trinajstić information content (AvgIpc) is 3.44. The molecular weight excluding hydrogens is 410 g/mol. The molecule has 1 aliphatic rings. The number of imidazole rings is 1. The van der Waals surface area contributed by atoms with Crippen LogP contribution in [0.5, 0.6) is 11.5 Å². The summed E-state index contributed by atoms with van der Waals surface area (Å²) in [4.78, 5) is 4.78. The Kier molecular flexibility index (Phi) is 7.47. The van der Waals surface area contributed by atoms with Gasteiger partial charge in [-0.1, -0.05) is 18.2 Å².